The SMILES string of the molecule is N#CC1(C(N)=O)CCC1. The van der Waals surface area contributed by atoms with Crippen LogP contribution in [-0.2, 0) is 4.79 Å². The number of nitrogens with zero attached hydrogens (tertiary/aromatic N) is 1. The fourth-order valence-electron chi connectivity index (χ4n) is 0.944. The number of hydrogen-bond donors (Lipinski definition) is 1. The Bertz CT molecular complexity index is 176. The van der Waals surface area contributed by atoms with Gasteiger partial charge in [0.2, 0.25) is 5.91 Å². The summed E-state index contributed by atoms with van der Waals surface area (Å²) >= 11 is 0. The van der Waals surface area contributed by atoms with Gasteiger partial charge >= 0.3 is 0 Å². The van der Waals surface area contributed by atoms with Gasteiger partial charge in [-0.15, -0.1) is 0 Å². The standard InChI is InChI=1S/C6H8N2O/c7-4-6(5(8)9)2-1-3-6/h1-3H2,(H2,8,9). The third-order valence-electron chi connectivity index (χ3n) is 1.89. The van der Waals surface area contributed by atoms with Gasteiger partial charge in [0.05, 0.1) is 6.07 Å². The Hall–Kier alpha value is -1.04. The van der Waals surface area contributed by atoms with Gasteiger partial charge in [0.25, 0.3) is 0 Å². The average molecular weight is 124 g/mol. The predicted octanol–water partition coefficient (Wildman–Crippen LogP) is 0.166. The molecule has 0 aromatic rings. The van der Waals surface area contributed by atoms with Gasteiger partial charge in [-0.25, -0.2) is 0 Å². The normalized spacial score (nSPS) is 21.7. The molecule has 1 aliphatic carbocycles. The van der Waals surface area contributed by atoms with Gasteiger partial charge in [-0.3, -0.25) is 4.79 Å². The van der Waals surface area contributed by atoms with Gasteiger partial charge in [-0.2, -0.15) is 5.26 Å². The van der Waals surface area contributed by atoms with Crippen molar-refractivity contribution in [2.45, 2.75) is 19.3 Å². The molecule has 0 aromatic heterocycles. The van der Waals surface area contributed by atoms with Crippen LogP contribution in [-0.4, -0.2) is 5.91 Å². The number of rotatable bonds is 1. The summed E-state index contributed by atoms with van der Waals surface area (Å²) in [6, 6.07) is 1.94. The molecule has 0 atom stereocenters. The fourth-order valence-corrected chi connectivity index (χ4v) is 0.944. The van der Waals surface area contributed by atoms with Gasteiger partial charge in [-0.1, -0.05) is 0 Å². The van der Waals surface area contributed by atoms with Crippen molar-refractivity contribution >= 4 is 5.91 Å². The van der Waals surface area contributed by atoms with Gasteiger partial charge in [-0.05, 0) is 19.3 Å². The minimum atomic E-state index is -0.792. The third kappa shape index (κ3) is 0.672. The van der Waals surface area contributed by atoms with Crippen molar-refractivity contribution in [1.29, 1.82) is 5.26 Å². The molecule has 1 rings (SSSR count). The molecule has 0 radical (unpaired) electrons. The molecular weight excluding hydrogens is 116 g/mol. The molecule has 0 aromatic carbocycles. The summed E-state index contributed by atoms with van der Waals surface area (Å²) in [5, 5.41) is 8.46. The van der Waals surface area contributed by atoms with Gasteiger partial charge in [0.15, 0.2) is 0 Å². The van der Waals surface area contributed by atoms with Crippen LogP contribution in [0.4, 0.5) is 0 Å². The molecule has 3 nitrogen and oxygen atoms in total. The number of primary amides is 1. The summed E-state index contributed by atoms with van der Waals surface area (Å²) in [6.45, 7) is 0. The number of carbonyl (C=O) groups excluding carboxylic acids is 1. The predicted molar refractivity (Wildman–Crippen MR) is 31.1 cm³/mol. The molecule has 48 valence electrons. The van der Waals surface area contributed by atoms with Crippen LogP contribution in [0.25, 0.3) is 0 Å². The molecule has 3 heteroatoms. The summed E-state index contributed by atoms with van der Waals surface area (Å²) in [6.07, 6.45) is 2.26. The van der Waals surface area contributed by atoms with Crippen LogP contribution in [0, 0.1) is 16.7 Å². The molecule has 0 unspecified atom stereocenters. The average Bonchev–Trinajstić information content (AvgIpc) is 1.62. The van der Waals surface area contributed by atoms with Crippen molar-refractivity contribution < 1.29 is 4.79 Å². The Kier molecular flexibility index (Phi) is 1.17. The molecule has 0 spiro atoms. The largest absolute Gasteiger partial charge is 0.368 e. The van der Waals surface area contributed by atoms with Crippen molar-refractivity contribution in [3.63, 3.8) is 0 Å². The Labute approximate surface area is 53.5 Å². The number of hydrogen-bond acceptors (Lipinski definition) is 2. The lowest BCUT2D eigenvalue weighted by Gasteiger charge is -2.31. The topological polar surface area (TPSA) is 66.9 Å². The molecule has 1 saturated carbocycles. The maximum Gasteiger partial charge on any atom is 0.237 e. The summed E-state index contributed by atoms with van der Waals surface area (Å²) in [5.41, 5.74) is 4.19. The number of amides is 1. The van der Waals surface area contributed by atoms with Gasteiger partial charge < -0.3 is 5.73 Å². The molecular formula is C6H8N2O. The van der Waals surface area contributed by atoms with Crippen LogP contribution in [0.3, 0.4) is 0 Å². The van der Waals surface area contributed by atoms with E-state index in [-0.39, 0.29) is 0 Å². The van der Waals surface area contributed by atoms with Crippen molar-refractivity contribution in [1.82, 2.24) is 0 Å². The summed E-state index contributed by atoms with van der Waals surface area (Å²) in [4.78, 5) is 10.5. The Balaban J connectivity index is 2.71. The number of nitrogens with two attached hydrogens (primary N) is 1. The minimum Gasteiger partial charge on any atom is -0.368 e. The molecule has 1 amide bonds. The maximum atomic E-state index is 10.5. The monoisotopic (exact) mass is 124 g/mol. The van der Waals surface area contributed by atoms with E-state index in [1.54, 1.807) is 0 Å². The van der Waals surface area contributed by atoms with Crippen molar-refractivity contribution in [2.24, 2.45) is 11.1 Å². The zero-order chi connectivity index (χ0) is 6.91. The summed E-state index contributed by atoms with van der Waals surface area (Å²) in [5.74, 6) is -0.462. The quantitative estimate of drug-likeness (QED) is 0.541. The van der Waals surface area contributed by atoms with Crippen molar-refractivity contribution in [3.05, 3.63) is 0 Å². The first-order valence-corrected chi connectivity index (χ1v) is 2.92. The van der Waals surface area contributed by atoms with Crippen LogP contribution in [0.2, 0.25) is 0 Å². The van der Waals surface area contributed by atoms with Crippen LogP contribution in [0.15, 0.2) is 0 Å². The fraction of sp³-hybridized carbons (Fsp3) is 0.667. The van der Waals surface area contributed by atoms with Crippen LogP contribution in [0.1, 0.15) is 19.3 Å². The van der Waals surface area contributed by atoms with E-state index in [2.05, 4.69) is 0 Å². The third-order valence-corrected chi connectivity index (χ3v) is 1.89. The highest BCUT2D eigenvalue weighted by Crippen LogP contribution is 2.39. The zero-order valence-corrected chi connectivity index (χ0v) is 5.05. The van der Waals surface area contributed by atoms with E-state index in [0.29, 0.717) is 12.8 Å². The minimum absolute atomic E-state index is 0.462. The van der Waals surface area contributed by atoms with Crippen LogP contribution >= 0.6 is 0 Å². The summed E-state index contributed by atoms with van der Waals surface area (Å²) in [7, 11) is 0. The highest BCUT2D eigenvalue weighted by atomic mass is 16.1. The molecule has 1 fully saturated rings. The Morgan fingerprint density at radius 1 is 1.67 bits per heavy atom. The summed E-state index contributed by atoms with van der Waals surface area (Å²) < 4.78 is 0. The van der Waals surface area contributed by atoms with E-state index in [1.165, 1.54) is 0 Å². The second kappa shape index (κ2) is 1.73. The zero-order valence-electron chi connectivity index (χ0n) is 5.05. The highest BCUT2D eigenvalue weighted by Gasteiger charge is 2.42. The van der Waals surface area contributed by atoms with Crippen LogP contribution in [0.5, 0.6) is 0 Å². The molecule has 1 aliphatic rings. The Morgan fingerprint density at radius 2 is 2.22 bits per heavy atom. The van der Waals surface area contributed by atoms with Crippen LogP contribution < -0.4 is 5.73 Å². The van der Waals surface area contributed by atoms with E-state index < -0.39 is 11.3 Å². The molecule has 0 heterocycles. The van der Waals surface area contributed by atoms with E-state index in [4.69, 9.17) is 11.0 Å². The lowest BCUT2D eigenvalue weighted by molar-refractivity contribution is -0.128. The molecule has 0 bridgehead atoms. The Morgan fingerprint density at radius 3 is 2.22 bits per heavy atom. The van der Waals surface area contributed by atoms with Gasteiger partial charge in [0.1, 0.15) is 5.41 Å². The molecule has 0 saturated heterocycles. The van der Waals surface area contributed by atoms with Crippen molar-refractivity contribution in [2.75, 3.05) is 0 Å². The first-order valence-electron chi connectivity index (χ1n) is 2.92. The van der Waals surface area contributed by atoms with E-state index in [1.807, 2.05) is 6.07 Å². The number of carbonyl (C=O) groups is 1. The molecule has 2 N–H and O–H groups in total. The lowest BCUT2D eigenvalue weighted by atomic mass is 9.69. The van der Waals surface area contributed by atoms with E-state index >= 15 is 0 Å². The molecule has 9 heavy (non-hydrogen) atoms. The molecule has 0 aliphatic heterocycles. The smallest absolute Gasteiger partial charge is 0.237 e. The maximum absolute atomic E-state index is 10.5. The first-order chi connectivity index (χ1) is 4.21. The lowest BCUT2D eigenvalue weighted by Crippen LogP contribution is -2.41. The van der Waals surface area contributed by atoms with E-state index in [9.17, 15) is 4.79 Å². The first kappa shape index (κ1) is 6.09. The highest BCUT2D eigenvalue weighted by molar-refractivity contribution is 5.84. The second-order valence-corrected chi connectivity index (χ2v) is 2.41. The van der Waals surface area contributed by atoms with Crippen molar-refractivity contribution in [3.8, 4) is 6.07 Å². The number of nitriles is 1. The van der Waals surface area contributed by atoms with E-state index in [0.717, 1.165) is 6.42 Å². The van der Waals surface area contributed by atoms with Gasteiger partial charge in [0, 0.05) is 0 Å². The second-order valence-electron chi connectivity index (χ2n) is 2.41.